The minimum Gasteiger partial charge on any atom is -0.507 e. The molecule has 172 valence electrons. The van der Waals surface area contributed by atoms with Crippen molar-refractivity contribution in [1.82, 2.24) is 10.2 Å². The number of piperidine rings is 1. The average Bonchev–Trinajstić information content (AvgIpc) is 2.84. The van der Waals surface area contributed by atoms with Gasteiger partial charge in [-0.2, -0.15) is 0 Å². The van der Waals surface area contributed by atoms with Crippen LogP contribution in [0.2, 0.25) is 5.02 Å². The first-order chi connectivity index (χ1) is 16.0. The van der Waals surface area contributed by atoms with Crippen molar-refractivity contribution >= 4 is 17.3 Å². The number of phenols is 1. The molecule has 1 heterocycles. The van der Waals surface area contributed by atoms with Crippen LogP contribution in [0.5, 0.6) is 11.5 Å². The van der Waals surface area contributed by atoms with Crippen LogP contribution in [0.1, 0.15) is 29.5 Å². The Bertz CT molecular complexity index is 1090. The van der Waals surface area contributed by atoms with Crippen LogP contribution >= 0.6 is 11.6 Å². The molecule has 0 bridgehead atoms. The number of nitrogens with one attached hydrogen (secondary N) is 1. The molecule has 0 amide bonds. The highest BCUT2D eigenvalue weighted by molar-refractivity contribution is 6.30. The fraction of sp³-hybridized carbons (Fsp3) is 0.286. The summed E-state index contributed by atoms with van der Waals surface area (Å²) in [6.07, 6.45) is 2.00. The van der Waals surface area contributed by atoms with Gasteiger partial charge in [-0.3, -0.25) is 4.90 Å². The Balaban J connectivity index is 1.52. The SMILES string of the molecule is C=C(NCC1(c2cccc(Cl)c2)CCN(Cc2ccccc2)CC1)c1c(O)cccc1OC. The van der Waals surface area contributed by atoms with E-state index in [1.165, 1.54) is 11.1 Å². The third-order valence-corrected chi connectivity index (χ3v) is 6.90. The molecule has 0 saturated carbocycles. The molecule has 3 aromatic carbocycles. The van der Waals surface area contributed by atoms with Crippen LogP contribution in [0, 0.1) is 0 Å². The number of methoxy groups -OCH3 is 1. The Morgan fingerprint density at radius 1 is 1.06 bits per heavy atom. The van der Waals surface area contributed by atoms with Crippen molar-refractivity contribution in [2.24, 2.45) is 0 Å². The van der Waals surface area contributed by atoms with Gasteiger partial charge in [0.1, 0.15) is 11.5 Å². The van der Waals surface area contributed by atoms with Crippen LogP contribution in [-0.4, -0.2) is 36.8 Å². The molecule has 1 aliphatic rings. The van der Waals surface area contributed by atoms with Gasteiger partial charge in [-0.1, -0.05) is 66.7 Å². The lowest BCUT2D eigenvalue weighted by molar-refractivity contribution is 0.152. The van der Waals surface area contributed by atoms with Gasteiger partial charge in [-0.05, 0) is 61.3 Å². The van der Waals surface area contributed by atoms with Crippen LogP contribution in [0.3, 0.4) is 0 Å². The number of nitrogens with zero attached hydrogens (tertiary/aromatic N) is 1. The van der Waals surface area contributed by atoms with Crippen molar-refractivity contribution < 1.29 is 9.84 Å². The van der Waals surface area contributed by atoms with Crippen LogP contribution < -0.4 is 10.1 Å². The lowest BCUT2D eigenvalue weighted by atomic mass is 9.72. The Hall–Kier alpha value is -2.95. The largest absolute Gasteiger partial charge is 0.507 e. The number of halogens is 1. The summed E-state index contributed by atoms with van der Waals surface area (Å²) in [6.45, 7) is 7.85. The summed E-state index contributed by atoms with van der Waals surface area (Å²) >= 11 is 6.38. The van der Waals surface area contributed by atoms with Crippen LogP contribution in [0.15, 0.2) is 79.4 Å². The molecule has 0 atom stereocenters. The van der Waals surface area contributed by atoms with Crippen LogP contribution in [0.25, 0.3) is 5.70 Å². The molecular weight excluding hydrogens is 432 g/mol. The van der Waals surface area contributed by atoms with E-state index in [4.69, 9.17) is 16.3 Å². The monoisotopic (exact) mass is 462 g/mol. The zero-order chi connectivity index (χ0) is 23.3. The summed E-state index contributed by atoms with van der Waals surface area (Å²) in [5, 5.41) is 14.7. The second-order valence-electron chi connectivity index (χ2n) is 8.74. The summed E-state index contributed by atoms with van der Waals surface area (Å²) in [5.74, 6) is 0.753. The number of benzene rings is 3. The van der Waals surface area contributed by atoms with E-state index in [1.807, 2.05) is 18.2 Å². The van der Waals surface area contributed by atoms with Crippen molar-refractivity contribution in [3.8, 4) is 11.5 Å². The highest BCUT2D eigenvalue weighted by atomic mass is 35.5. The van der Waals surface area contributed by atoms with Crippen molar-refractivity contribution in [3.05, 3.63) is 101 Å². The first-order valence-corrected chi connectivity index (χ1v) is 11.7. The third kappa shape index (κ3) is 5.35. The molecule has 0 unspecified atom stereocenters. The second kappa shape index (κ2) is 10.3. The number of likely N-dealkylation sites (tertiary alicyclic amines) is 1. The van der Waals surface area contributed by atoms with E-state index in [9.17, 15) is 5.11 Å². The number of hydrogen-bond acceptors (Lipinski definition) is 4. The Morgan fingerprint density at radius 3 is 2.48 bits per heavy atom. The second-order valence-corrected chi connectivity index (χ2v) is 9.18. The average molecular weight is 463 g/mol. The molecular formula is C28H31ClN2O2. The van der Waals surface area contributed by atoms with Gasteiger partial charge in [0, 0.05) is 29.2 Å². The number of hydrogen-bond donors (Lipinski definition) is 2. The van der Waals surface area contributed by atoms with Gasteiger partial charge in [0.2, 0.25) is 0 Å². The van der Waals surface area contributed by atoms with Crippen molar-refractivity contribution in [1.29, 1.82) is 0 Å². The third-order valence-electron chi connectivity index (χ3n) is 6.67. The predicted octanol–water partition coefficient (Wildman–Crippen LogP) is 5.85. The fourth-order valence-electron chi connectivity index (χ4n) is 4.72. The molecule has 2 N–H and O–H groups in total. The molecule has 3 aromatic rings. The zero-order valence-electron chi connectivity index (χ0n) is 19.1. The van der Waals surface area contributed by atoms with Crippen molar-refractivity contribution in [2.75, 3.05) is 26.7 Å². The van der Waals surface area contributed by atoms with E-state index >= 15 is 0 Å². The fourth-order valence-corrected chi connectivity index (χ4v) is 4.91. The standard InChI is InChI=1S/C28H31ClN2O2/c1-21(27-25(32)12-7-13-26(27)33-2)30-20-28(23-10-6-11-24(29)18-23)14-16-31(17-15-28)19-22-8-4-3-5-9-22/h3-13,18,30,32H,1,14-17,19-20H2,2H3. The maximum Gasteiger partial charge on any atom is 0.131 e. The lowest BCUT2D eigenvalue weighted by Gasteiger charge is -2.43. The normalized spacial score (nSPS) is 15.7. The number of phenolic OH excluding ortho intramolecular Hbond substituents is 1. The van der Waals surface area contributed by atoms with Gasteiger partial charge >= 0.3 is 0 Å². The molecule has 0 aliphatic carbocycles. The maximum atomic E-state index is 10.4. The molecule has 1 fully saturated rings. The number of ether oxygens (including phenoxy) is 1. The summed E-state index contributed by atoms with van der Waals surface area (Å²) in [6, 6.07) is 24.1. The van der Waals surface area contributed by atoms with Gasteiger partial charge in [-0.25, -0.2) is 0 Å². The quantitative estimate of drug-likeness (QED) is 0.441. The first-order valence-electron chi connectivity index (χ1n) is 11.3. The zero-order valence-corrected chi connectivity index (χ0v) is 19.8. The maximum absolute atomic E-state index is 10.4. The van der Waals surface area contributed by atoms with E-state index < -0.39 is 0 Å². The topological polar surface area (TPSA) is 44.7 Å². The molecule has 1 aliphatic heterocycles. The predicted molar refractivity (Wildman–Crippen MR) is 136 cm³/mol. The Labute approximate surface area is 201 Å². The highest BCUT2D eigenvalue weighted by Gasteiger charge is 2.36. The van der Waals surface area contributed by atoms with E-state index in [2.05, 4.69) is 59.3 Å². The van der Waals surface area contributed by atoms with E-state index in [-0.39, 0.29) is 11.2 Å². The number of rotatable bonds is 8. The molecule has 0 spiro atoms. The molecule has 1 saturated heterocycles. The van der Waals surface area contributed by atoms with E-state index in [1.54, 1.807) is 19.2 Å². The summed E-state index contributed by atoms with van der Waals surface area (Å²) in [4.78, 5) is 2.51. The molecule has 0 aromatic heterocycles. The van der Waals surface area contributed by atoms with Crippen LogP contribution in [0.4, 0.5) is 0 Å². The molecule has 4 rings (SSSR count). The summed E-state index contributed by atoms with van der Waals surface area (Å²) in [5.41, 5.74) is 3.74. The van der Waals surface area contributed by atoms with E-state index in [0.717, 1.165) is 37.5 Å². The number of aromatic hydroxyl groups is 1. The molecule has 33 heavy (non-hydrogen) atoms. The first kappa shape index (κ1) is 23.2. The van der Waals surface area contributed by atoms with Crippen molar-refractivity contribution in [2.45, 2.75) is 24.8 Å². The smallest absolute Gasteiger partial charge is 0.131 e. The minimum atomic E-state index is -0.0847. The lowest BCUT2D eigenvalue weighted by Crippen LogP contribution is -2.47. The summed E-state index contributed by atoms with van der Waals surface area (Å²) in [7, 11) is 1.60. The summed E-state index contributed by atoms with van der Waals surface area (Å²) < 4.78 is 5.45. The van der Waals surface area contributed by atoms with Gasteiger partial charge in [0.15, 0.2) is 0 Å². The Morgan fingerprint density at radius 2 is 1.79 bits per heavy atom. The minimum absolute atomic E-state index is 0.0847. The molecule has 5 heteroatoms. The van der Waals surface area contributed by atoms with Gasteiger partial charge in [0.05, 0.1) is 12.7 Å². The van der Waals surface area contributed by atoms with Gasteiger partial charge < -0.3 is 15.2 Å². The van der Waals surface area contributed by atoms with Crippen molar-refractivity contribution in [3.63, 3.8) is 0 Å². The van der Waals surface area contributed by atoms with Crippen LogP contribution in [-0.2, 0) is 12.0 Å². The van der Waals surface area contributed by atoms with Gasteiger partial charge in [0.25, 0.3) is 0 Å². The van der Waals surface area contributed by atoms with Gasteiger partial charge in [-0.15, -0.1) is 0 Å². The van der Waals surface area contributed by atoms with E-state index in [0.29, 0.717) is 23.6 Å². The molecule has 0 radical (unpaired) electrons. The highest BCUT2D eigenvalue weighted by Crippen LogP contribution is 2.38. The Kier molecular flexibility index (Phi) is 7.26. The molecule has 4 nitrogen and oxygen atoms in total.